The molecule has 5 heteroatoms. The smallest absolute Gasteiger partial charge is 0.242 e. The van der Waals surface area contributed by atoms with Gasteiger partial charge in [-0.2, -0.15) is 0 Å². The van der Waals surface area contributed by atoms with Crippen molar-refractivity contribution < 1.29 is 4.79 Å². The molecule has 98 valence electrons. The zero-order valence-corrected chi connectivity index (χ0v) is 11.9. The summed E-state index contributed by atoms with van der Waals surface area (Å²) in [5.41, 5.74) is 1.60. The molecule has 1 fully saturated rings. The zero-order valence-electron chi connectivity index (χ0n) is 10.4. The molecule has 1 aliphatic rings. The van der Waals surface area contributed by atoms with Crippen LogP contribution in [0.5, 0.6) is 0 Å². The summed E-state index contributed by atoms with van der Waals surface area (Å²) in [6.07, 6.45) is 2.16. The van der Waals surface area contributed by atoms with Crippen LogP contribution in [0.1, 0.15) is 25.3 Å². The van der Waals surface area contributed by atoms with E-state index in [1.807, 2.05) is 13.8 Å². The molecule has 0 saturated heterocycles. The van der Waals surface area contributed by atoms with Crippen molar-refractivity contribution in [2.75, 3.05) is 5.32 Å². The maximum Gasteiger partial charge on any atom is 0.242 e. The highest BCUT2D eigenvalue weighted by molar-refractivity contribution is 6.35. The summed E-state index contributed by atoms with van der Waals surface area (Å²) in [5, 5.41) is 7.23. The molecule has 0 bridgehead atoms. The first-order chi connectivity index (χ1) is 8.47. The molecule has 0 radical (unpaired) electrons. The molecule has 3 nitrogen and oxygen atoms in total. The summed E-state index contributed by atoms with van der Waals surface area (Å²) < 4.78 is 0. The molecule has 1 amide bonds. The van der Waals surface area contributed by atoms with Gasteiger partial charge >= 0.3 is 0 Å². The fourth-order valence-electron chi connectivity index (χ4n) is 1.61. The molecule has 2 N–H and O–H groups in total. The number of hydrogen-bond acceptors (Lipinski definition) is 2. The van der Waals surface area contributed by atoms with Crippen molar-refractivity contribution in [2.24, 2.45) is 0 Å². The lowest BCUT2D eigenvalue weighted by Crippen LogP contribution is -2.38. The predicted molar refractivity (Wildman–Crippen MR) is 75.4 cm³/mol. The van der Waals surface area contributed by atoms with Crippen molar-refractivity contribution in [2.45, 2.75) is 38.8 Å². The van der Waals surface area contributed by atoms with Gasteiger partial charge in [0.1, 0.15) is 6.04 Å². The molecule has 1 aromatic carbocycles. The Morgan fingerprint density at radius 1 is 1.33 bits per heavy atom. The average molecular weight is 287 g/mol. The standard InChI is InChI=1S/C13H16Cl2N2O/c1-7-5-11(15)12(6-10(7)14)16-8(2)13(18)17-9-3-4-9/h5-6,8-9,16H,3-4H2,1-2H3,(H,17,18). The number of carbonyl (C=O) groups is 1. The molecule has 1 aromatic rings. The Labute approximate surface area is 117 Å². The first kappa shape index (κ1) is 13.5. The minimum atomic E-state index is -0.332. The van der Waals surface area contributed by atoms with E-state index < -0.39 is 0 Å². The van der Waals surface area contributed by atoms with Gasteiger partial charge in [0.25, 0.3) is 0 Å². The number of hydrogen-bond donors (Lipinski definition) is 2. The Morgan fingerprint density at radius 2 is 2.00 bits per heavy atom. The second kappa shape index (κ2) is 5.37. The van der Waals surface area contributed by atoms with Crippen LogP contribution >= 0.6 is 23.2 Å². The van der Waals surface area contributed by atoms with Crippen LogP contribution < -0.4 is 10.6 Å². The van der Waals surface area contributed by atoms with Crippen LogP contribution in [-0.4, -0.2) is 18.0 Å². The lowest BCUT2D eigenvalue weighted by atomic mass is 10.2. The third kappa shape index (κ3) is 3.30. The van der Waals surface area contributed by atoms with Crippen molar-refractivity contribution in [1.29, 1.82) is 0 Å². The monoisotopic (exact) mass is 286 g/mol. The van der Waals surface area contributed by atoms with Crippen LogP contribution in [0.2, 0.25) is 10.0 Å². The number of aryl methyl sites for hydroxylation is 1. The number of halogens is 2. The molecule has 1 aliphatic carbocycles. The van der Waals surface area contributed by atoms with Crippen molar-refractivity contribution >= 4 is 34.8 Å². The van der Waals surface area contributed by atoms with Crippen LogP contribution in [-0.2, 0) is 4.79 Å². The third-order valence-corrected chi connectivity index (χ3v) is 3.66. The second-order valence-corrected chi connectivity index (χ2v) is 5.54. The Morgan fingerprint density at radius 3 is 2.61 bits per heavy atom. The summed E-state index contributed by atoms with van der Waals surface area (Å²) in [5.74, 6) is -0.00901. The van der Waals surface area contributed by atoms with E-state index in [0.29, 0.717) is 21.8 Å². The molecule has 18 heavy (non-hydrogen) atoms. The van der Waals surface area contributed by atoms with Crippen molar-refractivity contribution in [3.63, 3.8) is 0 Å². The molecule has 0 heterocycles. The molecule has 1 saturated carbocycles. The van der Waals surface area contributed by atoms with Crippen LogP contribution in [0.25, 0.3) is 0 Å². The molecule has 0 spiro atoms. The molecule has 0 aromatic heterocycles. The van der Waals surface area contributed by atoms with Crippen molar-refractivity contribution in [3.8, 4) is 0 Å². The third-order valence-electron chi connectivity index (χ3n) is 2.94. The maximum atomic E-state index is 11.8. The minimum Gasteiger partial charge on any atom is -0.373 e. The van der Waals surface area contributed by atoms with Gasteiger partial charge in [0.05, 0.1) is 10.7 Å². The van der Waals surface area contributed by atoms with E-state index in [1.54, 1.807) is 12.1 Å². The second-order valence-electron chi connectivity index (χ2n) is 4.73. The van der Waals surface area contributed by atoms with Gasteiger partial charge in [0.15, 0.2) is 0 Å². The predicted octanol–water partition coefficient (Wildman–Crippen LogP) is 3.38. The highest BCUT2D eigenvalue weighted by atomic mass is 35.5. The molecular formula is C13H16Cl2N2O. The first-order valence-electron chi connectivity index (χ1n) is 6.00. The zero-order chi connectivity index (χ0) is 13.3. The minimum absolute atomic E-state index is 0.00901. The van der Waals surface area contributed by atoms with Gasteiger partial charge in [-0.15, -0.1) is 0 Å². The van der Waals surface area contributed by atoms with E-state index in [1.165, 1.54) is 0 Å². The average Bonchev–Trinajstić information content (AvgIpc) is 3.09. The molecular weight excluding hydrogens is 271 g/mol. The Kier molecular flexibility index (Phi) is 4.03. The van der Waals surface area contributed by atoms with Crippen LogP contribution in [0.15, 0.2) is 12.1 Å². The van der Waals surface area contributed by atoms with Crippen LogP contribution in [0.3, 0.4) is 0 Å². The lowest BCUT2D eigenvalue weighted by molar-refractivity contribution is -0.121. The van der Waals surface area contributed by atoms with E-state index in [-0.39, 0.29) is 11.9 Å². The number of amides is 1. The highest BCUT2D eigenvalue weighted by Gasteiger charge is 2.25. The summed E-state index contributed by atoms with van der Waals surface area (Å²) >= 11 is 12.2. The maximum absolute atomic E-state index is 11.8. The van der Waals surface area contributed by atoms with E-state index >= 15 is 0 Å². The first-order valence-corrected chi connectivity index (χ1v) is 6.75. The lowest BCUT2D eigenvalue weighted by Gasteiger charge is -2.16. The quantitative estimate of drug-likeness (QED) is 0.891. The van der Waals surface area contributed by atoms with E-state index in [2.05, 4.69) is 10.6 Å². The normalized spacial score (nSPS) is 16.2. The Balaban J connectivity index is 2.03. The van der Waals surface area contributed by atoms with Crippen LogP contribution in [0.4, 0.5) is 5.69 Å². The SMILES string of the molecule is Cc1cc(Cl)c(NC(C)C(=O)NC2CC2)cc1Cl. The van der Waals surface area contributed by atoms with Gasteiger partial charge in [-0.3, -0.25) is 4.79 Å². The number of carbonyl (C=O) groups excluding carboxylic acids is 1. The molecule has 2 rings (SSSR count). The molecule has 1 unspecified atom stereocenters. The van der Waals surface area contributed by atoms with Gasteiger partial charge in [-0.1, -0.05) is 23.2 Å². The van der Waals surface area contributed by atoms with E-state index in [4.69, 9.17) is 23.2 Å². The van der Waals surface area contributed by atoms with Crippen molar-refractivity contribution in [1.82, 2.24) is 5.32 Å². The Bertz CT molecular complexity index is 472. The number of anilines is 1. The summed E-state index contributed by atoms with van der Waals surface area (Å²) in [6, 6.07) is 3.57. The number of benzene rings is 1. The summed E-state index contributed by atoms with van der Waals surface area (Å²) in [7, 11) is 0. The molecule has 0 aliphatic heterocycles. The largest absolute Gasteiger partial charge is 0.373 e. The fraction of sp³-hybridized carbons (Fsp3) is 0.462. The number of nitrogens with one attached hydrogen (secondary N) is 2. The highest BCUT2D eigenvalue weighted by Crippen LogP contribution is 2.29. The van der Waals surface area contributed by atoms with E-state index in [0.717, 1.165) is 18.4 Å². The van der Waals surface area contributed by atoms with Gasteiger partial charge in [-0.25, -0.2) is 0 Å². The van der Waals surface area contributed by atoms with Gasteiger partial charge < -0.3 is 10.6 Å². The molecule has 1 atom stereocenters. The van der Waals surface area contributed by atoms with E-state index in [9.17, 15) is 4.79 Å². The van der Waals surface area contributed by atoms with Crippen molar-refractivity contribution in [3.05, 3.63) is 27.7 Å². The Hall–Kier alpha value is -0.930. The fourth-order valence-corrected chi connectivity index (χ4v) is 2.05. The topological polar surface area (TPSA) is 41.1 Å². The number of rotatable bonds is 4. The van der Waals surface area contributed by atoms with Gasteiger partial charge in [0.2, 0.25) is 5.91 Å². The summed E-state index contributed by atoms with van der Waals surface area (Å²) in [4.78, 5) is 11.8. The van der Waals surface area contributed by atoms with Gasteiger partial charge in [-0.05, 0) is 44.4 Å². The van der Waals surface area contributed by atoms with Gasteiger partial charge in [0, 0.05) is 11.1 Å². The van der Waals surface area contributed by atoms with Crippen LogP contribution in [0, 0.1) is 6.92 Å². The summed E-state index contributed by atoms with van der Waals surface area (Å²) in [6.45, 7) is 3.70.